The molecule has 5 aromatic rings. The van der Waals surface area contributed by atoms with E-state index in [4.69, 9.17) is 0 Å². The number of rotatable bonds is 5. The van der Waals surface area contributed by atoms with E-state index in [2.05, 4.69) is 43.3 Å². The molecule has 0 saturated carbocycles. The van der Waals surface area contributed by atoms with Gasteiger partial charge in [0.25, 0.3) is 0 Å². The number of anilines is 1. The second-order valence-corrected chi connectivity index (χ2v) is 7.33. The summed E-state index contributed by atoms with van der Waals surface area (Å²) in [5.41, 5.74) is 9.21. The average molecular weight is 395 g/mol. The molecule has 0 spiro atoms. The van der Waals surface area contributed by atoms with Gasteiger partial charge in [0.05, 0.1) is 22.9 Å². The van der Waals surface area contributed by atoms with Crippen LogP contribution in [0, 0.1) is 0 Å². The van der Waals surface area contributed by atoms with Crippen molar-refractivity contribution in [2.24, 2.45) is 5.10 Å². The second-order valence-electron chi connectivity index (χ2n) is 6.47. The molecule has 0 radical (unpaired) electrons. The van der Waals surface area contributed by atoms with Crippen molar-refractivity contribution < 1.29 is 0 Å². The Morgan fingerprint density at radius 2 is 1.69 bits per heavy atom. The fourth-order valence-electron chi connectivity index (χ4n) is 3.11. The SMILES string of the molecule is C(=NNc1nc(-c2ccccc2)cs1)c1ccc(-n2cnc3ccccc32)cc1. The number of para-hydroxylation sites is 2. The average Bonchev–Trinajstić information content (AvgIpc) is 3.42. The Balaban J connectivity index is 1.28. The van der Waals surface area contributed by atoms with Crippen molar-refractivity contribution in [1.82, 2.24) is 14.5 Å². The van der Waals surface area contributed by atoms with Gasteiger partial charge in [0.15, 0.2) is 0 Å². The fourth-order valence-corrected chi connectivity index (χ4v) is 3.78. The van der Waals surface area contributed by atoms with Crippen molar-refractivity contribution in [1.29, 1.82) is 0 Å². The van der Waals surface area contributed by atoms with Crippen molar-refractivity contribution in [2.75, 3.05) is 5.43 Å². The smallest absolute Gasteiger partial charge is 0.203 e. The highest BCUT2D eigenvalue weighted by Crippen LogP contribution is 2.24. The van der Waals surface area contributed by atoms with E-state index in [0.717, 1.165) is 38.7 Å². The summed E-state index contributed by atoms with van der Waals surface area (Å²) in [7, 11) is 0. The molecule has 3 aromatic carbocycles. The van der Waals surface area contributed by atoms with Crippen molar-refractivity contribution in [3.63, 3.8) is 0 Å². The standard InChI is InChI=1S/C23H17N5S/c1-2-6-18(7-3-1)21-15-29-23(26-21)27-25-14-17-10-12-19(13-11-17)28-16-24-20-8-4-5-9-22(20)28/h1-16H,(H,26,27). The molecule has 29 heavy (non-hydrogen) atoms. The van der Waals surface area contributed by atoms with Crippen LogP contribution in [-0.4, -0.2) is 20.7 Å². The summed E-state index contributed by atoms with van der Waals surface area (Å²) < 4.78 is 2.08. The molecule has 5 nitrogen and oxygen atoms in total. The Kier molecular flexibility index (Phi) is 4.60. The van der Waals surface area contributed by atoms with Gasteiger partial charge in [-0.1, -0.05) is 54.6 Å². The van der Waals surface area contributed by atoms with Crippen LogP contribution in [0.2, 0.25) is 0 Å². The van der Waals surface area contributed by atoms with E-state index in [0.29, 0.717) is 0 Å². The van der Waals surface area contributed by atoms with Gasteiger partial charge in [-0.2, -0.15) is 5.10 Å². The van der Waals surface area contributed by atoms with Crippen molar-refractivity contribution >= 4 is 33.7 Å². The number of benzene rings is 3. The highest BCUT2D eigenvalue weighted by atomic mass is 32.1. The normalized spacial score (nSPS) is 11.3. The van der Waals surface area contributed by atoms with Crippen molar-refractivity contribution in [3.05, 3.63) is 96.1 Å². The van der Waals surface area contributed by atoms with Crippen LogP contribution in [0.5, 0.6) is 0 Å². The topological polar surface area (TPSA) is 55.1 Å². The minimum absolute atomic E-state index is 0.765. The molecule has 0 saturated heterocycles. The number of fused-ring (bicyclic) bond motifs is 1. The van der Waals surface area contributed by atoms with Gasteiger partial charge in [-0.05, 0) is 29.8 Å². The first-order valence-electron chi connectivity index (χ1n) is 9.19. The lowest BCUT2D eigenvalue weighted by molar-refractivity contribution is 1.09. The first-order chi connectivity index (χ1) is 14.4. The lowest BCUT2D eigenvalue weighted by Crippen LogP contribution is -1.93. The molecule has 1 N–H and O–H groups in total. The number of thiazole rings is 1. The minimum atomic E-state index is 0.765. The van der Waals surface area contributed by atoms with Gasteiger partial charge >= 0.3 is 0 Å². The Hall–Kier alpha value is -3.77. The third kappa shape index (κ3) is 3.66. The molecule has 0 fully saturated rings. The van der Waals surface area contributed by atoms with Gasteiger partial charge in [-0.3, -0.25) is 9.99 Å². The van der Waals surface area contributed by atoms with Gasteiger partial charge in [-0.25, -0.2) is 9.97 Å². The third-order valence-electron chi connectivity index (χ3n) is 4.57. The van der Waals surface area contributed by atoms with Gasteiger partial charge in [0, 0.05) is 16.6 Å². The molecule has 2 heterocycles. The Bertz CT molecular complexity index is 1270. The molecule has 0 aliphatic rings. The zero-order chi connectivity index (χ0) is 19.5. The highest BCUT2D eigenvalue weighted by molar-refractivity contribution is 7.14. The van der Waals surface area contributed by atoms with Gasteiger partial charge in [0.2, 0.25) is 5.13 Å². The molecule has 0 amide bonds. The van der Waals surface area contributed by atoms with Crippen LogP contribution in [0.1, 0.15) is 5.56 Å². The van der Waals surface area contributed by atoms with Crippen LogP contribution < -0.4 is 5.43 Å². The van der Waals surface area contributed by atoms with E-state index in [1.54, 1.807) is 6.21 Å². The number of nitrogens with one attached hydrogen (secondary N) is 1. The van der Waals surface area contributed by atoms with Crippen LogP contribution in [-0.2, 0) is 0 Å². The Morgan fingerprint density at radius 1 is 0.897 bits per heavy atom. The van der Waals surface area contributed by atoms with Crippen LogP contribution in [0.3, 0.4) is 0 Å². The zero-order valence-corrected chi connectivity index (χ0v) is 16.3. The maximum absolute atomic E-state index is 4.57. The number of hydrazone groups is 1. The number of nitrogens with zero attached hydrogens (tertiary/aromatic N) is 4. The predicted molar refractivity (Wildman–Crippen MR) is 120 cm³/mol. The second kappa shape index (κ2) is 7.69. The maximum Gasteiger partial charge on any atom is 0.203 e. The molecule has 0 unspecified atom stereocenters. The third-order valence-corrected chi connectivity index (χ3v) is 5.32. The molecule has 140 valence electrons. The van der Waals surface area contributed by atoms with Gasteiger partial charge < -0.3 is 0 Å². The molecule has 5 rings (SSSR count). The van der Waals surface area contributed by atoms with E-state index in [1.165, 1.54) is 11.3 Å². The van der Waals surface area contributed by atoms with Crippen molar-refractivity contribution in [3.8, 4) is 16.9 Å². The Morgan fingerprint density at radius 3 is 2.55 bits per heavy atom. The monoisotopic (exact) mass is 395 g/mol. The van der Waals surface area contributed by atoms with Crippen molar-refractivity contribution in [2.45, 2.75) is 0 Å². The number of hydrogen-bond donors (Lipinski definition) is 1. The summed E-state index contributed by atoms with van der Waals surface area (Å²) in [5, 5.41) is 7.11. The summed E-state index contributed by atoms with van der Waals surface area (Å²) in [5.74, 6) is 0. The quantitative estimate of drug-likeness (QED) is 0.311. The van der Waals surface area contributed by atoms with E-state index in [-0.39, 0.29) is 0 Å². The lowest BCUT2D eigenvalue weighted by atomic mass is 10.2. The van der Waals surface area contributed by atoms with Crippen LogP contribution >= 0.6 is 11.3 Å². The predicted octanol–water partition coefficient (Wildman–Crippen LogP) is 5.60. The van der Waals surface area contributed by atoms with Crippen LogP contribution in [0.15, 0.2) is 95.7 Å². The zero-order valence-electron chi connectivity index (χ0n) is 15.4. The van der Waals surface area contributed by atoms with Gasteiger partial charge in [0.1, 0.15) is 6.33 Å². The van der Waals surface area contributed by atoms with Crippen LogP contribution in [0.4, 0.5) is 5.13 Å². The van der Waals surface area contributed by atoms with E-state index < -0.39 is 0 Å². The van der Waals surface area contributed by atoms with Gasteiger partial charge in [-0.15, -0.1) is 11.3 Å². The van der Waals surface area contributed by atoms with Crippen LogP contribution in [0.25, 0.3) is 28.0 Å². The summed E-state index contributed by atoms with van der Waals surface area (Å²) >= 11 is 1.54. The van der Waals surface area contributed by atoms with E-state index in [1.807, 2.05) is 72.4 Å². The maximum atomic E-state index is 4.57. The molecule has 6 heteroatoms. The molecule has 0 aliphatic heterocycles. The summed E-state index contributed by atoms with van der Waals surface area (Å²) in [6, 6.07) is 26.4. The van der Waals surface area contributed by atoms with E-state index in [9.17, 15) is 0 Å². The summed E-state index contributed by atoms with van der Waals surface area (Å²) in [6.07, 6.45) is 3.64. The number of hydrogen-bond acceptors (Lipinski definition) is 5. The molecule has 2 aromatic heterocycles. The molecular formula is C23H17N5S. The molecule has 0 atom stereocenters. The fraction of sp³-hybridized carbons (Fsp3) is 0. The first-order valence-corrected chi connectivity index (χ1v) is 10.1. The molecule has 0 aliphatic carbocycles. The number of aromatic nitrogens is 3. The highest BCUT2D eigenvalue weighted by Gasteiger charge is 2.04. The largest absolute Gasteiger partial charge is 0.299 e. The molecular weight excluding hydrogens is 378 g/mol. The summed E-state index contributed by atoms with van der Waals surface area (Å²) in [4.78, 5) is 9.02. The first kappa shape index (κ1) is 17.3. The Labute approximate surface area is 172 Å². The molecule has 0 bridgehead atoms. The summed E-state index contributed by atoms with van der Waals surface area (Å²) in [6.45, 7) is 0. The lowest BCUT2D eigenvalue weighted by Gasteiger charge is -2.04. The van der Waals surface area contributed by atoms with E-state index >= 15 is 0 Å². The minimum Gasteiger partial charge on any atom is -0.299 e. The number of imidazole rings is 1.